The van der Waals surface area contributed by atoms with Gasteiger partial charge in [0, 0.05) is 36.9 Å². The number of rotatable bonds is 15. The van der Waals surface area contributed by atoms with Crippen LogP contribution in [0, 0.1) is 11.8 Å². The Labute approximate surface area is 207 Å². The lowest BCUT2D eigenvalue weighted by atomic mass is 9.90. The first-order chi connectivity index (χ1) is 15.0. The normalized spacial score (nSPS) is 18.4. The number of amides is 1. The molecule has 1 amide bonds. The Hall–Kier alpha value is 0.0169. The van der Waals surface area contributed by atoms with Gasteiger partial charge in [0.05, 0.1) is 10.7 Å². The topological polar surface area (TPSA) is 46.6 Å². The van der Waals surface area contributed by atoms with E-state index in [1.165, 1.54) is 11.5 Å². The highest BCUT2D eigenvalue weighted by Crippen LogP contribution is 2.45. The summed E-state index contributed by atoms with van der Waals surface area (Å²) in [4.78, 5) is 26.9. The maximum Gasteiger partial charge on any atom is 0.222 e. The Bertz CT molecular complexity index is 542. The van der Waals surface area contributed by atoms with Gasteiger partial charge in [0.2, 0.25) is 14.2 Å². The van der Waals surface area contributed by atoms with Crippen LogP contribution in [0.5, 0.6) is 0 Å². The molecule has 1 saturated heterocycles. The third-order valence-electron chi connectivity index (χ3n) is 7.23. The standard InChI is InChI=1S/C25H49NO3S2Si/c1-10-26(11-2)24(28)15-22(16-25-30-12-13-31-25)14-23(21(9)17-27)29-32(18(3)4,19(5)6)20(7)8/h17-23,25H,10-16H2,1-9H3/t21-,22-,23-/m1/s1. The summed E-state index contributed by atoms with van der Waals surface area (Å²) < 4.78 is 7.69. The summed E-state index contributed by atoms with van der Waals surface area (Å²) in [6, 6.07) is 0. The minimum atomic E-state index is -2.12. The van der Waals surface area contributed by atoms with E-state index in [-0.39, 0.29) is 23.8 Å². The molecule has 0 bridgehead atoms. The van der Waals surface area contributed by atoms with Crippen molar-refractivity contribution in [1.29, 1.82) is 0 Å². The van der Waals surface area contributed by atoms with E-state index in [1.54, 1.807) is 0 Å². The number of carbonyl (C=O) groups is 2. The van der Waals surface area contributed by atoms with E-state index >= 15 is 0 Å². The Morgan fingerprint density at radius 3 is 1.91 bits per heavy atom. The van der Waals surface area contributed by atoms with Crippen molar-refractivity contribution in [2.45, 2.75) is 109 Å². The zero-order valence-corrected chi connectivity index (χ0v) is 24.7. The molecule has 0 radical (unpaired) electrons. The summed E-state index contributed by atoms with van der Waals surface area (Å²) >= 11 is 4.05. The molecule has 0 unspecified atom stereocenters. The summed E-state index contributed by atoms with van der Waals surface area (Å²) in [5.74, 6) is 2.72. The largest absolute Gasteiger partial charge is 0.412 e. The second kappa shape index (κ2) is 14.4. The van der Waals surface area contributed by atoms with Crippen molar-refractivity contribution in [1.82, 2.24) is 4.90 Å². The van der Waals surface area contributed by atoms with Crippen LogP contribution < -0.4 is 0 Å². The van der Waals surface area contributed by atoms with Crippen molar-refractivity contribution in [3.63, 3.8) is 0 Å². The first kappa shape index (κ1) is 30.0. The van der Waals surface area contributed by atoms with E-state index in [0.717, 1.165) is 32.2 Å². The molecular weight excluding hydrogens is 454 g/mol. The third kappa shape index (κ3) is 8.05. The van der Waals surface area contributed by atoms with Crippen LogP contribution >= 0.6 is 23.5 Å². The Morgan fingerprint density at radius 1 is 1.00 bits per heavy atom. The van der Waals surface area contributed by atoms with Crippen LogP contribution in [0.1, 0.15) is 81.6 Å². The lowest BCUT2D eigenvalue weighted by Gasteiger charge is -2.46. The second-order valence-electron chi connectivity index (χ2n) is 10.2. The third-order valence-corrected chi connectivity index (χ3v) is 16.4. The summed E-state index contributed by atoms with van der Waals surface area (Å²) in [5.41, 5.74) is 1.42. The Kier molecular flexibility index (Phi) is 13.5. The van der Waals surface area contributed by atoms with Gasteiger partial charge in [-0.25, -0.2) is 0 Å². The highest BCUT2D eigenvalue weighted by molar-refractivity contribution is 8.20. The van der Waals surface area contributed by atoms with Crippen molar-refractivity contribution in [2.24, 2.45) is 11.8 Å². The minimum absolute atomic E-state index is 0.114. The molecule has 7 heteroatoms. The van der Waals surface area contributed by atoms with E-state index in [0.29, 0.717) is 27.6 Å². The van der Waals surface area contributed by atoms with E-state index in [9.17, 15) is 9.59 Å². The fraction of sp³-hybridized carbons (Fsp3) is 0.920. The van der Waals surface area contributed by atoms with Crippen LogP contribution in [0.2, 0.25) is 16.6 Å². The lowest BCUT2D eigenvalue weighted by molar-refractivity contribution is -0.132. The van der Waals surface area contributed by atoms with Crippen LogP contribution in [0.3, 0.4) is 0 Å². The average Bonchev–Trinajstić information content (AvgIpc) is 3.23. The molecule has 188 valence electrons. The first-order valence-electron chi connectivity index (χ1n) is 12.7. The van der Waals surface area contributed by atoms with Gasteiger partial charge in [-0.05, 0) is 49.2 Å². The Morgan fingerprint density at radius 2 is 1.50 bits per heavy atom. The van der Waals surface area contributed by atoms with E-state index in [2.05, 4.69) is 41.5 Å². The fourth-order valence-electron chi connectivity index (χ4n) is 5.49. The summed E-state index contributed by atoms with van der Waals surface area (Å²) in [7, 11) is -2.12. The summed E-state index contributed by atoms with van der Waals surface area (Å²) in [6.45, 7) is 21.4. The van der Waals surface area contributed by atoms with Crippen LogP contribution in [-0.2, 0) is 14.0 Å². The van der Waals surface area contributed by atoms with Gasteiger partial charge >= 0.3 is 0 Å². The lowest BCUT2D eigenvalue weighted by Crippen LogP contribution is -2.51. The number of carbonyl (C=O) groups excluding carboxylic acids is 2. The number of nitrogens with zero attached hydrogens (tertiary/aromatic N) is 1. The SMILES string of the molecule is CCN(CC)C(=O)C[C@H](CC1SCCS1)C[C@@H](O[Si](C(C)C)(C(C)C)C(C)C)[C@H](C)C=O. The van der Waals surface area contributed by atoms with Crippen LogP contribution in [-0.4, -0.2) is 60.7 Å². The van der Waals surface area contributed by atoms with Crippen molar-refractivity contribution in [3.05, 3.63) is 0 Å². The summed E-state index contributed by atoms with van der Waals surface area (Å²) in [6.07, 6.45) is 3.33. The fourth-order valence-corrected chi connectivity index (χ4v) is 14.2. The molecule has 1 heterocycles. The van der Waals surface area contributed by atoms with Gasteiger partial charge < -0.3 is 14.1 Å². The zero-order valence-electron chi connectivity index (χ0n) is 22.1. The molecule has 0 aromatic rings. The van der Waals surface area contributed by atoms with Crippen molar-refractivity contribution in [3.8, 4) is 0 Å². The quantitative estimate of drug-likeness (QED) is 0.181. The molecule has 4 nitrogen and oxygen atoms in total. The average molecular weight is 504 g/mol. The molecule has 0 aromatic carbocycles. The number of aldehydes is 1. The number of hydrogen-bond donors (Lipinski definition) is 0. The Balaban J connectivity index is 3.18. The molecule has 0 spiro atoms. The summed E-state index contributed by atoms with van der Waals surface area (Å²) in [5, 5.41) is 0. The van der Waals surface area contributed by atoms with Crippen molar-refractivity contribution in [2.75, 3.05) is 24.6 Å². The molecule has 0 aromatic heterocycles. The van der Waals surface area contributed by atoms with Gasteiger partial charge in [0.25, 0.3) is 0 Å². The van der Waals surface area contributed by atoms with Gasteiger partial charge in [-0.3, -0.25) is 4.79 Å². The van der Waals surface area contributed by atoms with Gasteiger partial charge in [0.1, 0.15) is 6.29 Å². The first-order valence-corrected chi connectivity index (χ1v) is 16.9. The van der Waals surface area contributed by atoms with Crippen LogP contribution in [0.4, 0.5) is 0 Å². The molecule has 0 aliphatic carbocycles. The molecule has 0 N–H and O–H groups in total. The van der Waals surface area contributed by atoms with Gasteiger partial charge in [-0.15, -0.1) is 23.5 Å². The van der Waals surface area contributed by atoms with E-state index in [4.69, 9.17) is 4.43 Å². The van der Waals surface area contributed by atoms with Crippen molar-refractivity contribution < 1.29 is 14.0 Å². The van der Waals surface area contributed by atoms with Gasteiger partial charge in [0.15, 0.2) is 0 Å². The predicted octanol–water partition coefficient (Wildman–Crippen LogP) is 6.84. The highest BCUT2D eigenvalue weighted by Gasteiger charge is 2.47. The van der Waals surface area contributed by atoms with E-state index < -0.39 is 8.32 Å². The zero-order chi connectivity index (χ0) is 24.5. The molecule has 1 aliphatic rings. The van der Waals surface area contributed by atoms with E-state index in [1.807, 2.05) is 49.2 Å². The minimum Gasteiger partial charge on any atom is -0.412 e. The molecule has 1 rings (SSSR count). The molecule has 1 fully saturated rings. The van der Waals surface area contributed by atoms with Gasteiger partial charge in [-0.1, -0.05) is 48.5 Å². The van der Waals surface area contributed by atoms with Crippen LogP contribution in [0.25, 0.3) is 0 Å². The maximum absolute atomic E-state index is 13.0. The molecular formula is C25H49NO3S2Si. The number of hydrogen-bond acceptors (Lipinski definition) is 5. The molecule has 32 heavy (non-hydrogen) atoms. The van der Waals surface area contributed by atoms with Crippen molar-refractivity contribution >= 4 is 44.0 Å². The molecule has 1 aliphatic heterocycles. The maximum atomic E-state index is 13.0. The molecule has 3 atom stereocenters. The van der Waals surface area contributed by atoms with Crippen LogP contribution in [0.15, 0.2) is 0 Å². The predicted molar refractivity (Wildman–Crippen MR) is 145 cm³/mol. The smallest absolute Gasteiger partial charge is 0.222 e. The highest BCUT2D eigenvalue weighted by atomic mass is 32.2. The van der Waals surface area contributed by atoms with Gasteiger partial charge in [-0.2, -0.15) is 0 Å². The number of thioether (sulfide) groups is 2. The molecule has 0 saturated carbocycles. The monoisotopic (exact) mass is 503 g/mol. The second-order valence-corrected chi connectivity index (χ2v) is 18.6.